The molecule has 0 aliphatic carbocycles. The summed E-state index contributed by atoms with van der Waals surface area (Å²) in [5.41, 5.74) is 0. The second kappa shape index (κ2) is 4.88. The average molecular weight is 180 g/mol. The largest absolute Gasteiger partial charge is 0.364 e. The van der Waals surface area contributed by atoms with E-state index in [2.05, 4.69) is 24.8 Å². The van der Waals surface area contributed by atoms with Crippen LogP contribution in [0.25, 0.3) is 0 Å². The van der Waals surface area contributed by atoms with Gasteiger partial charge in [-0.25, -0.2) is 0 Å². The molecule has 0 aromatic heterocycles. The quantitative estimate of drug-likeness (QED) is 0.333. The van der Waals surface area contributed by atoms with Crippen molar-refractivity contribution in [2.45, 2.75) is 0 Å². The minimum Gasteiger partial charge on any atom is -0.364 e. The molecule has 0 N–H and O–H groups in total. The van der Waals surface area contributed by atoms with Gasteiger partial charge < -0.3 is 4.90 Å². The van der Waals surface area contributed by atoms with E-state index in [1.54, 1.807) is 4.90 Å². The van der Waals surface area contributed by atoms with E-state index in [4.69, 9.17) is 0 Å². The fourth-order valence-electron chi connectivity index (χ4n) is 0. The predicted molar refractivity (Wildman–Crippen MR) is 35.3 cm³/mol. The third-order valence-electron chi connectivity index (χ3n) is 0.383. The van der Waals surface area contributed by atoms with Crippen molar-refractivity contribution in [1.29, 1.82) is 0 Å². The minimum absolute atomic E-state index is 0. The molecule has 46 valence electrons. The fourth-order valence-corrected chi connectivity index (χ4v) is 0. The summed E-state index contributed by atoms with van der Waals surface area (Å²) < 4.78 is 0.620. The Morgan fingerprint density at radius 1 is 1.57 bits per heavy atom. The van der Waals surface area contributed by atoms with E-state index < -0.39 is 0 Å². The summed E-state index contributed by atoms with van der Waals surface area (Å²) in [4.78, 5) is 1.76. The first-order chi connectivity index (χ1) is 2.64. The van der Waals surface area contributed by atoms with Gasteiger partial charge in [-0.2, -0.15) is 0 Å². The number of nitrogens with zero attached hydrogens (tertiary/aromatic N) is 1. The maximum atomic E-state index is 4.61. The van der Waals surface area contributed by atoms with E-state index in [1.807, 2.05) is 14.1 Å². The summed E-state index contributed by atoms with van der Waals surface area (Å²) in [5, 5.41) is 0. The Kier molecular flexibility index (Phi) is 7.44. The molecule has 0 bridgehead atoms. The Bertz CT molecular complexity index is 64.0. The molecular formula is C3H7NNiS2. The molecule has 0 heterocycles. The van der Waals surface area contributed by atoms with Crippen LogP contribution in [0.2, 0.25) is 0 Å². The zero-order chi connectivity index (χ0) is 5.15. The Morgan fingerprint density at radius 3 is 1.71 bits per heavy atom. The SMILES string of the molecule is CN(C)C(=S)S.[Ni]. The summed E-state index contributed by atoms with van der Waals surface area (Å²) in [6.07, 6.45) is 0. The molecule has 0 aliphatic rings. The topological polar surface area (TPSA) is 3.24 Å². The van der Waals surface area contributed by atoms with Crippen LogP contribution in [-0.4, -0.2) is 23.3 Å². The van der Waals surface area contributed by atoms with Crippen LogP contribution in [0.15, 0.2) is 0 Å². The molecule has 0 aromatic carbocycles. The first-order valence-electron chi connectivity index (χ1n) is 1.55. The van der Waals surface area contributed by atoms with Crippen LogP contribution >= 0.6 is 24.8 Å². The zero-order valence-corrected chi connectivity index (χ0v) is 6.82. The first kappa shape index (κ1) is 10.7. The van der Waals surface area contributed by atoms with Crippen LogP contribution in [0, 0.1) is 0 Å². The molecule has 4 heteroatoms. The molecule has 0 radical (unpaired) electrons. The third kappa shape index (κ3) is 6.73. The minimum atomic E-state index is 0. The van der Waals surface area contributed by atoms with Gasteiger partial charge in [0.2, 0.25) is 0 Å². The van der Waals surface area contributed by atoms with Crippen molar-refractivity contribution in [3.63, 3.8) is 0 Å². The van der Waals surface area contributed by atoms with Gasteiger partial charge in [-0.3, -0.25) is 0 Å². The predicted octanol–water partition coefficient (Wildman–Crippen LogP) is 0.760. The Balaban J connectivity index is 0. The number of rotatable bonds is 0. The molecule has 0 aromatic rings. The normalized spacial score (nSPS) is 6.71. The Labute approximate surface area is 64.8 Å². The van der Waals surface area contributed by atoms with Gasteiger partial charge in [0.25, 0.3) is 0 Å². The summed E-state index contributed by atoms with van der Waals surface area (Å²) in [6, 6.07) is 0. The van der Waals surface area contributed by atoms with E-state index in [9.17, 15) is 0 Å². The van der Waals surface area contributed by atoms with Crippen molar-refractivity contribution in [3.05, 3.63) is 0 Å². The van der Waals surface area contributed by atoms with E-state index in [0.717, 1.165) is 0 Å². The van der Waals surface area contributed by atoms with E-state index in [0.29, 0.717) is 4.32 Å². The maximum absolute atomic E-state index is 4.61. The third-order valence-corrected chi connectivity index (χ3v) is 1.15. The van der Waals surface area contributed by atoms with E-state index >= 15 is 0 Å². The number of hydrogen-bond donors (Lipinski definition) is 1. The van der Waals surface area contributed by atoms with E-state index in [1.165, 1.54) is 0 Å². The molecule has 0 saturated heterocycles. The van der Waals surface area contributed by atoms with Gasteiger partial charge in [0.05, 0.1) is 0 Å². The molecule has 0 amide bonds. The van der Waals surface area contributed by atoms with Crippen molar-refractivity contribution < 1.29 is 16.5 Å². The second-order valence-corrected chi connectivity index (χ2v) is 2.29. The van der Waals surface area contributed by atoms with Gasteiger partial charge in [-0.1, -0.05) is 12.2 Å². The first-order valence-corrected chi connectivity index (χ1v) is 2.40. The summed E-state index contributed by atoms with van der Waals surface area (Å²) in [6.45, 7) is 0. The van der Waals surface area contributed by atoms with Crippen molar-refractivity contribution in [2.75, 3.05) is 14.1 Å². The van der Waals surface area contributed by atoms with Crippen molar-refractivity contribution in [2.24, 2.45) is 0 Å². The van der Waals surface area contributed by atoms with Gasteiger partial charge >= 0.3 is 0 Å². The molecule has 0 spiro atoms. The van der Waals surface area contributed by atoms with E-state index in [-0.39, 0.29) is 16.5 Å². The van der Waals surface area contributed by atoms with Crippen LogP contribution < -0.4 is 0 Å². The van der Waals surface area contributed by atoms with Crippen molar-refractivity contribution in [3.8, 4) is 0 Å². The van der Waals surface area contributed by atoms with Gasteiger partial charge in [-0.05, 0) is 0 Å². The van der Waals surface area contributed by atoms with Crippen molar-refractivity contribution in [1.82, 2.24) is 4.90 Å². The summed E-state index contributed by atoms with van der Waals surface area (Å²) in [5.74, 6) is 0. The molecule has 7 heavy (non-hydrogen) atoms. The van der Waals surface area contributed by atoms with Crippen LogP contribution in [0.3, 0.4) is 0 Å². The average Bonchev–Trinajstić information content (AvgIpc) is 1.36. The maximum Gasteiger partial charge on any atom is 0.132 e. The summed E-state index contributed by atoms with van der Waals surface area (Å²) >= 11 is 8.46. The van der Waals surface area contributed by atoms with Crippen LogP contribution in [-0.2, 0) is 16.5 Å². The standard InChI is InChI=1S/C3H7NS2.Ni/c1-4(2)3(5)6;/h1-2H3,(H,5,6);. The molecule has 0 aliphatic heterocycles. The Morgan fingerprint density at radius 2 is 1.71 bits per heavy atom. The molecule has 1 nitrogen and oxygen atoms in total. The molecule has 0 fully saturated rings. The van der Waals surface area contributed by atoms with Crippen LogP contribution in [0.4, 0.5) is 0 Å². The molecule has 0 rings (SSSR count). The van der Waals surface area contributed by atoms with Gasteiger partial charge in [0.15, 0.2) is 0 Å². The Hall–Kier alpha value is 0.734. The molecule has 0 saturated carbocycles. The summed E-state index contributed by atoms with van der Waals surface area (Å²) in [7, 11) is 3.71. The second-order valence-electron chi connectivity index (χ2n) is 1.18. The van der Waals surface area contributed by atoms with Crippen LogP contribution in [0.5, 0.6) is 0 Å². The molecular weight excluding hydrogens is 173 g/mol. The monoisotopic (exact) mass is 179 g/mol. The number of thiocarbonyl (C=S) groups is 1. The molecule has 0 atom stereocenters. The smallest absolute Gasteiger partial charge is 0.132 e. The van der Waals surface area contributed by atoms with Gasteiger partial charge in [0.1, 0.15) is 4.32 Å². The number of hydrogen-bond acceptors (Lipinski definition) is 1. The van der Waals surface area contributed by atoms with Gasteiger partial charge in [-0.15, -0.1) is 12.6 Å². The van der Waals surface area contributed by atoms with Crippen LogP contribution in [0.1, 0.15) is 0 Å². The zero-order valence-electron chi connectivity index (χ0n) is 4.12. The van der Waals surface area contributed by atoms with Crippen molar-refractivity contribution >= 4 is 29.2 Å². The van der Waals surface area contributed by atoms with Gasteiger partial charge in [0, 0.05) is 30.6 Å². The molecule has 0 unspecified atom stereocenters. The number of thiol groups is 1. The fraction of sp³-hybridized carbons (Fsp3) is 0.667.